The average Bonchev–Trinajstić information content (AvgIpc) is 2.29. The zero-order valence-electron chi connectivity index (χ0n) is 8.85. The fourth-order valence-corrected chi connectivity index (χ4v) is 2.07. The molecule has 1 aromatic rings. The van der Waals surface area contributed by atoms with Gasteiger partial charge in [-0.2, -0.15) is 13.2 Å². The van der Waals surface area contributed by atoms with Crippen LogP contribution in [0.25, 0.3) is 0 Å². The molecule has 1 nitrogen and oxygen atoms in total. The van der Waals surface area contributed by atoms with Crippen LogP contribution in [0.3, 0.4) is 0 Å². The first kappa shape index (κ1) is 11.5. The molecule has 1 aromatic carbocycles. The van der Waals surface area contributed by atoms with E-state index in [1.807, 2.05) is 0 Å². The van der Waals surface area contributed by atoms with Crippen molar-refractivity contribution >= 4 is 0 Å². The van der Waals surface area contributed by atoms with Crippen molar-refractivity contribution in [3.63, 3.8) is 0 Å². The molecule has 1 N–H and O–H groups in total. The number of nitrogens with one attached hydrogen (secondary N) is 1. The van der Waals surface area contributed by atoms with Crippen molar-refractivity contribution in [2.75, 3.05) is 6.54 Å². The van der Waals surface area contributed by atoms with Crippen molar-refractivity contribution in [3.05, 3.63) is 35.4 Å². The van der Waals surface area contributed by atoms with E-state index in [2.05, 4.69) is 5.32 Å². The van der Waals surface area contributed by atoms with Gasteiger partial charge in [0.05, 0.1) is 5.56 Å². The lowest BCUT2D eigenvalue weighted by Crippen LogP contribution is -2.27. The SMILES string of the molecule is FC(F)(F)c1cccc([C@H]2CCCCN2)c1. The Morgan fingerprint density at radius 2 is 2.00 bits per heavy atom. The molecule has 0 saturated carbocycles. The summed E-state index contributed by atoms with van der Waals surface area (Å²) in [5.74, 6) is 0. The van der Waals surface area contributed by atoms with Gasteiger partial charge in [-0.1, -0.05) is 18.6 Å². The van der Waals surface area contributed by atoms with Crippen molar-refractivity contribution in [3.8, 4) is 0 Å². The van der Waals surface area contributed by atoms with Gasteiger partial charge in [-0.05, 0) is 37.1 Å². The molecular formula is C12H14F3N. The van der Waals surface area contributed by atoms with Gasteiger partial charge in [0.1, 0.15) is 0 Å². The monoisotopic (exact) mass is 229 g/mol. The van der Waals surface area contributed by atoms with E-state index in [9.17, 15) is 13.2 Å². The first-order valence-electron chi connectivity index (χ1n) is 5.48. The van der Waals surface area contributed by atoms with Crippen molar-refractivity contribution in [1.29, 1.82) is 0 Å². The fraction of sp³-hybridized carbons (Fsp3) is 0.500. The molecule has 1 heterocycles. The lowest BCUT2D eigenvalue weighted by molar-refractivity contribution is -0.137. The number of hydrogen-bond donors (Lipinski definition) is 1. The van der Waals surface area contributed by atoms with Gasteiger partial charge < -0.3 is 5.32 Å². The van der Waals surface area contributed by atoms with Crippen LogP contribution in [0.5, 0.6) is 0 Å². The van der Waals surface area contributed by atoms with Crippen molar-refractivity contribution < 1.29 is 13.2 Å². The zero-order valence-corrected chi connectivity index (χ0v) is 8.85. The minimum atomic E-state index is -4.25. The maximum Gasteiger partial charge on any atom is 0.416 e. The highest BCUT2D eigenvalue weighted by Gasteiger charge is 2.31. The van der Waals surface area contributed by atoms with Gasteiger partial charge in [0.2, 0.25) is 0 Å². The topological polar surface area (TPSA) is 12.0 Å². The Hall–Kier alpha value is -1.03. The van der Waals surface area contributed by atoms with Crippen LogP contribution in [0.1, 0.15) is 36.4 Å². The van der Waals surface area contributed by atoms with Gasteiger partial charge >= 0.3 is 6.18 Å². The van der Waals surface area contributed by atoms with Crippen molar-refractivity contribution in [1.82, 2.24) is 5.32 Å². The van der Waals surface area contributed by atoms with Gasteiger partial charge in [0.25, 0.3) is 0 Å². The first-order chi connectivity index (χ1) is 7.57. The first-order valence-corrected chi connectivity index (χ1v) is 5.48. The van der Waals surface area contributed by atoms with E-state index >= 15 is 0 Å². The van der Waals surface area contributed by atoms with Crippen LogP contribution in [0.15, 0.2) is 24.3 Å². The van der Waals surface area contributed by atoms with E-state index in [0.717, 1.165) is 37.4 Å². The molecule has 1 aliphatic rings. The number of benzene rings is 1. The molecule has 0 bridgehead atoms. The third-order valence-electron chi connectivity index (χ3n) is 2.93. The minimum absolute atomic E-state index is 0.0797. The third-order valence-corrected chi connectivity index (χ3v) is 2.93. The quantitative estimate of drug-likeness (QED) is 0.776. The second-order valence-electron chi connectivity index (χ2n) is 4.13. The summed E-state index contributed by atoms with van der Waals surface area (Å²) in [6.07, 6.45) is -1.14. The largest absolute Gasteiger partial charge is 0.416 e. The van der Waals surface area contributed by atoms with Crippen LogP contribution in [-0.4, -0.2) is 6.54 Å². The van der Waals surface area contributed by atoms with Crippen LogP contribution >= 0.6 is 0 Å². The molecule has 16 heavy (non-hydrogen) atoms. The molecule has 0 amide bonds. The fourth-order valence-electron chi connectivity index (χ4n) is 2.07. The average molecular weight is 229 g/mol. The molecule has 0 unspecified atom stereocenters. The summed E-state index contributed by atoms with van der Waals surface area (Å²) in [6, 6.07) is 5.69. The summed E-state index contributed by atoms with van der Waals surface area (Å²) in [7, 11) is 0. The summed E-state index contributed by atoms with van der Waals surface area (Å²) in [5.41, 5.74) is 0.187. The maximum atomic E-state index is 12.5. The van der Waals surface area contributed by atoms with Crippen LogP contribution in [-0.2, 0) is 6.18 Å². The van der Waals surface area contributed by atoms with E-state index in [-0.39, 0.29) is 6.04 Å². The second-order valence-corrected chi connectivity index (χ2v) is 4.13. The number of halogens is 3. The number of rotatable bonds is 1. The lowest BCUT2D eigenvalue weighted by atomic mass is 9.96. The molecule has 1 saturated heterocycles. The smallest absolute Gasteiger partial charge is 0.310 e. The van der Waals surface area contributed by atoms with Crippen LogP contribution in [0.4, 0.5) is 13.2 Å². The highest BCUT2D eigenvalue weighted by atomic mass is 19.4. The summed E-state index contributed by atoms with van der Waals surface area (Å²) < 4.78 is 37.5. The molecule has 0 aliphatic carbocycles. The molecule has 1 fully saturated rings. The van der Waals surface area contributed by atoms with Gasteiger partial charge in [-0.15, -0.1) is 0 Å². The highest BCUT2D eigenvalue weighted by Crippen LogP contribution is 2.32. The summed E-state index contributed by atoms with van der Waals surface area (Å²) in [4.78, 5) is 0. The Morgan fingerprint density at radius 1 is 1.19 bits per heavy atom. The van der Waals surface area contributed by atoms with Crippen LogP contribution in [0, 0.1) is 0 Å². The second kappa shape index (κ2) is 4.45. The van der Waals surface area contributed by atoms with Crippen LogP contribution < -0.4 is 5.32 Å². The van der Waals surface area contributed by atoms with E-state index in [1.54, 1.807) is 6.07 Å². The normalized spacial score (nSPS) is 22.1. The number of alkyl halides is 3. The molecule has 1 atom stereocenters. The van der Waals surface area contributed by atoms with Gasteiger partial charge in [-0.25, -0.2) is 0 Å². The standard InChI is InChI=1S/C12H14F3N/c13-12(14,15)10-5-3-4-9(8-10)11-6-1-2-7-16-11/h3-5,8,11,16H,1-2,6-7H2/t11-/m1/s1. The summed E-state index contributed by atoms with van der Waals surface area (Å²) in [5, 5.41) is 3.25. The minimum Gasteiger partial charge on any atom is -0.310 e. The van der Waals surface area contributed by atoms with Gasteiger partial charge in [-0.3, -0.25) is 0 Å². The Kier molecular flexibility index (Phi) is 3.19. The number of piperidine rings is 1. The Bertz CT molecular complexity index is 354. The Labute approximate surface area is 92.7 Å². The van der Waals surface area contributed by atoms with Crippen molar-refractivity contribution in [2.45, 2.75) is 31.5 Å². The third kappa shape index (κ3) is 2.55. The molecule has 0 aromatic heterocycles. The lowest BCUT2D eigenvalue weighted by Gasteiger charge is -2.24. The van der Waals surface area contributed by atoms with Gasteiger partial charge in [0.15, 0.2) is 0 Å². The van der Waals surface area contributed by atoms with E-state index in [1.165, 1.54) is 12.1 Å². The van der Waals surface area contributed by atoms with E-state index in [0.29, 0.717) is 0 Å². The van der Waals surface area contributed by atoms with Crippen molar-refractivity contribution in [2.24, 2.45) is 0 Å². The highest BCUT2D eigenvalue weighted by molar-refractivity contribution is 5.28. The maximum absolute atomic E-state index is 12.5. The molecule has 4 heteroatoms. The van der Waals surface area contributed by atoms with E-state index in [4.69, 9.17) is 0 Å². The number of hydrogen-bond acceptors (Lipinski definition) is 1. The Morgan fingerprint density at radius 3 is 2.62 bits per heavy atom. The molecule has 0 spiro atoms. The molecule has 88 valence electrons. The van der Waals surface area contributed by atoms with Gasteiger partial charge in [0, 0.05) is 6.04 Å². The predicted octanol–water partition coefficient (Wildman–Crippen LogP) is 3.52. The summed E-state index contributed by atoms with van der Waals surface area (Å²) in [6.45, 7) is 0.890. The molecule has 2 rings (SSSR count). The molecule has 0 radical (unpaired) electrons. The van der Waals surface area contributed by atoms with E-state index < -0.39 is 11.7 Å². The predicted molar refractivity (Wildman–Crippen MR) is 56.0 cm³/mol. The summed E-state index contributed by atoms with van der Waals surface area (Å²) >= 11 is 0. The molecular weight excluding hydrogens is 215 g/mol. The Balaban J connectivity index is 2.21. The molecule has 1 aliphatic heterocycles. The van der Waals surface area contributed by atoms with Crippen LogP contribution in [0.2, 0.25) is 0 Å². The zero-order chi connectivity index (χ0) is 11.6.